The summed E-state index contributed by atoms with van der Waals surface area (Å²) in [6.07, 6.45) is 1.94. The third-order valence-electron chi connectivity index (χ3n) is 5.28. The number of aliphatic hydroxyl groups is 1. The zero-order chi connectivity index (χ0) is 19.4. The molecule has 1 aliphatic rings. The molecule has 2 atom stereocenters. The van der Waals surface area contributed by atoms with Crippen molar-refractivity contribution in [2.24, 2.45) is 5.92 Å². The Bertz CT molecular complexity index is 847. The van der Waals surface area contributed by atoms with Crippen LogP contribution in [0.2, 0.25) is 0 Å². The molecule has 27 heavy (non-hydrogen) atoms. The van der Waals surface area contributed by atoms with E-state index in [2.05, 4.69) is 31.2 Å². The number of rotatable bonds is 6. The molecule has 1 aliphatic heterocycles. The van der Waals surface area contributed by atoms with Gasteiger partial charge in [0.2, 0.25) is 0 Å². The van der Waals surface area contributed by atoms with Gasteiger partial charge < -0.3 is 10.2 Å². The van der Waals surface area contributed by atoms with Gasteiger partial charge >= 0.3 is 0 Å². The van der Waals surface area contributed by atoms with E-state index in [0.29, 0.717) is 25.4 Å². The van der Waals surface area contributed by atoms with Crippen molar-refractivity contribution in [1.82, 2.24) is 4.90 Å². The maximum Gasteiger partial charge on any atom is 0.179 e. The topological polar surface area (TPSA) is 77.8 Å². The Hall–Kier alpha value is -1.89. The molecule has 5 nitrogen and oxygen atoms in total. The molecule has 6 heteroatoms. The summed E-state index contributed by atoms with van der Waals surface area (Å²) in [5.41, 5.74) is 2.52. The van der Waals surface area contributed by atoms with Gasteiger partial charge in [-0.05, 0) is 61.9 Å². The van der Waals surface area contributed by atoms with E-state index in [1.54, 1.807) is 0 Å². The van der Waals surface area contributed by atoms with Crippen LogP contribution >= 0.6 is 0 Å². The van der Waals surface area contributed by atoms with Crippen molar-refractivity contribution < 1.29 is 18.6 Å². The average Bonchev–Trinajstić information content (AvgIpc) is 2.63. The lowest BCUT2D eigenvalue weighted by molar-refractivity contribution is -0.0385. The minimum absolute atomic E-state index is 0.0417. The molecule has 1 fully saturated rings. The Labute approximate surface area is 161 Å². The van der Waals surface area contributed by atoms with Gasteiger partial charge in [0, 0.05) is 13.1 Å². The zero-order valence-electron chi connectivity index (χ0n) is 15.6. The molecule has 0 amide bonds. The predicted molar refractivity (Wildman–Crippen MR) is 105 cm³/mol. The molecule has 146 valence electrons. The number of piperidine rings is 1. The van der Waals surface area contributed by atoms with E-state index in [1.165, 1.54) is 35.4 Å². The number of phenolic OH excluding ortho intramolecular Hbond substituents is 1. The van der Waals surface area contributed by atoms with Crippen molar-refractivity contribution in [3.63, 3.8) is 0 Å². The van der Waals surface area contributed by atoms with Crippen LogP contribution in [0.1, 0.15) is 24.0 Å². The zero-order valence-corrected chi connectivity index (χ0v) is 16.4. The quantitative estimate of drug-likeness (QED) is 0.794. The molecular formula is C21H27NO4S. The number of phenols is 1. The second kappa shape index (κ2) is 8.42. The van der Waals surface area contributed by atoms with Crippen LogP contribution in [0.25, 0.3) is 0 Å². The molecule has 2 aromatic rings. The molecule has 0 aromatic heterocycles. The Morgan fingerprint density at radius 2 is 1.74 bits per heavy atom. The Morgan fingerprint density at radius 1 is 1.07 bits per heavy atom. The lowest BCUT2D eigenvalue weighted by atomic mass is 9.89. The molecule has 0 aliphatic carbocycles. The first-order chi connectivity index (χ1) is 12.8. The number of aliphatic hydroxyl groups excluding tert-OH is 1. The summed E-state index contributed by atoms with van der Waals surface area (Å²) in [6, 6.07) is 14.1. The first kappa shape index (κ1) is 19.9. The van der Waals surface area contributed by atoms with Gasteiger partial charge in [-0.1, -0.05) is 29.8 Å². The van der Waals surface area contributed by atoms with E-state index < -0.39 is 16.1 Å². The molecule has 2 N–H and O–H groups in total. The van der Waals surface area contributed by atoms with Gasteiger partial charge in [-0.15, -0.1) is 0 Å². The molecule has 3 rings (SSSR count). The molecule has 1 saturated heterocycles. The van der Waals surface area contributed by atoms with Crippen molar-refractivity contribution >= 4 is 9.84 Å². The normalized spacial score (nSPS) is 21.3. The first-order valence-electron chi connectivity index (χ1n) is 9.33. The van der Waals surface area contributed by atoms with Crippen molar-refractivity contribution in [2.75, 3.05) is 18.8 Å². The minimum Gasteiger partial charge on any atom is -0.508 e. The van der Waals surface area contributed by atoms with Crippen molar-refractivity contribution in [2.45, 2.75) is 37.3 Å². The molecule has 2 unspecified atom stereocenters. The highest BCUT2D eigenvalue weighted by atomic mass is 32.2. The first-order valence-corrected chi connectivity index (χ1v) is 11.0. The molecule has 2 aromatic carbocycles. The summed E-state index contributed by atoms with van der Waals surface area (Å²) in [4.78, 5) is 2.05. The van der Waals surface area contributed by atoms with E-state index in [-0.39, 0.29) is 16.4 Å². The highest BCUT2D eigenvalue weighted by Crippen LogP contribution is 2.25. The lowest BCUT2D eigenvalue weighted by Gasteiger charge is -2.36. The maximum atomic E-state index is 12.4. The van der Waals surface area contributed by atoms with E-state index in [9.17, 15) is 18.6 Å². The SMILES string of the molecule is Cc1ccc(CC2CCN(CCS(=O)(=O)c3ccc(O)cc3)C(O)C2)cc1. The van der Waals surface area contributed by atoms with Crippen LogP contribution in [0.15, 0.2) is 53.4 Å². The molecule has 0 bridgehead atoms. The summed E-state index contributed by atoms with van der Waals surface area (Å²) in [7, 11) is -3.43. The number of aromatic hydroxyl groups is 1. The van der Waals surface area contributed by atoms with Gasteiger partial charge in [0.15, 0.2) is 9.84 Å². The number of hydrogen-bond donors (Lipinski definition) is 2. The van der Waals surface area contributed by atoms with Gasteiger partial charge in [0.25, 0.3) is 0 Å². The van der Waals surface area contributed by atoms with Crippen LogP contribution in [-0.4, -0.2) is 48.6 Å². The Morgan fingerprint density at radius 3 is 2.37 bits per heavy atom. The summed E-state index contributed by atoms with van der Waals surface area (Å²) >= 11 is 0. The lowest BCUT2D eigenvalue weighted by Crippen LogP contribution is -2.44. The fraction of sp³-hybridized carbons (Fsp3) is 0.429. The van der Waals surface area contributed by atoms with Crippen LogP contribution in [0.5, 0.6) is 5.75 Å². The fourth-order valence-electron chi connectivity index (χ4n) is 3.57. The van der Waals surface area contributed by atoms with Gasteiger partial charge in [0.05, 0.1) is 10.6 Å². The third-order valence-corrected chi connectivity index (χ3v) is 6.99. The standard InChI is InChI=1S/C21H27NO4S/c1-16-2-4-17(5-3-16)14-18-10-11-22(21(24)15-18)12-13-27(25,26)20-8-6-19(23)7-9-20/h2-9,18,21,23-24H,10-15H2,1H3. The van der Waals surface area contributed by atoms with Crippen LogP contribution < -0.4 is 0 Å². The minimum atomic E-state index is -3.43. The number of nitrogens with zero attached hydrogens (tertiary/aromatic N) is 1. The average molecular weight is 390 g/mol. The summed E-state index contributed by atoms with van der Waals surface area (Å²) < 4.78 is 24.9. The van der Waals surface area contributed by atoms with E-state index in [4.69, 9.17) is 0 Å². The number of hydrogen-bond acceptors (Lipinski definition) is 5. The maximum absolute atomic E-state index is 12.4. The Balaban J connectivity index is 1.52. The molecule has 0 saturated carbocycles. The monoisotopic (exact) mass is 389 g/mol. The van der Waals surface area contributed by atoms with Gasteiger partial charge in [-0.3, -0.25) is 4.90 Å². The van der Waals surface area contributed by atoms with Crippen molar-refractivity contribution in [3.8, 4) is 5.75 Å². The molecule has 0 spiro atoms. The molecule has 1 heterocycles. The van der Waals surface area contributed by atoms with Crippen LogP contribution in [0.3, 0.4) is 0 Å². The second-order valence-corrected chi connectivity index (χ2v) is 9.52. The van der Waals surface area contributed by atoms with Crippen molar-refractivity contribution in [3.05, 3.63) is 59.7 Å². The summed E-state index contributed by atoms with van der Waals surface area (Å²) in [5, 5.41) is 19.8. The Kier molecular flexibility index (Phi) is 6.19. The number of sulfone groups is 1. The highest BCUT2D eigenvalue weighted by Gasteiger charge is 2.28. The molecular weight excluding hydrogens is 362 g/mol. The highest BCUT2D eigenvalue weighted by molar-refractivity contribution is 7.91. The van der Waals surface area contributed by atoms with Gasteiger partial charge in [-0.25, -0.2) is 8.42 Å². The summed E-state index contributed by atoms with van der Waals surface area (Å²) in [6.45, 7) is 3.07. The van der Waals surface area contributed by atoms with E-state index in [1.807, 2.05) is 4.90 Å². The fourth-order valence-corrected chi connectivity index (χ4v) is 4.84. The number of aryl methyl sites for hydroxylation is 1. The predicted octanol–water partition coefficient (Wildman–Crippen LogP) is 2.75. The van der Waals surface area contributed by atoms with Crippen LogP contribution in [0, 0.1) is 12.8 Å². The molecule has 0 radical (unpaired) electrons. The smallest absolute Gasteiger partial charge is 0.179 e. The van der Waals surface area contributed by atoms with Gasteiger partial charge in [-0.2, -0.15) is 0 Å². The van der Waals surface area contributed by atoms with Gasteiger partial charge in [0.1, 0.15) is 12.0 Å². The van der Waals surface area contributed by atoms with Crippen molar-refractivity contribution in [1.29, 1.82) is 0 Å². The van der Waals surface area contributed by atoms with E-state index >= 15 is 0 Å². The van der Waals surface area contributed by atoms with E-state index in [0.717, 1.165) is 12.8 Å². The largest absolute Gasteiger partial charge is 0.508 e. The third kappa shape index (κ3) is 5.31. The van der Waals surface area contributed by atoms with Crippen LogP contribution in [-0.2, 0) is 16.3 Å². The van der Waals surface area contributed by atoms with Crippen LogP contribution in [0.4, 0.5) is 0 Å². The number of likely N-dealkylation sites (tertiary alicyclic amines) is 1. The number of benzene rings is 2. The summed E-state index contributed by atoms with van der Waals surface area (Å²) in [5.74, 6) is 0.407. The second-order valence-electron chi connectivity index (χ2n) is 7.41.